The highest BCUT2D eigenvalue weighted by molar-refractivity contribution is 7.89. The number of amides is 1. The highest BCUT2D eigenvalue weighted by Crippen LogP contribution is 2.33. The van der Waals surface area contributed by atoms with Gasteiger partial charge in [0.1, 0.15) is 0 Å². The number of methoxy groups -OCH3 is 2. The summed E-state index contributed by atoms with van der Waals surface area (Å²) in [5.74, 6) is 0.955. The van der Waals surface area contributed by atoms with Crippen LogP contribution in [0.4, 0.5) is 5.69 Å². The van der Waals surface area contributed by atoms with Crippen LogP contribution in [0.3, 0.4) is 0 Å². The fraction of sp³-hybridized carbons (Fsp3) is 0.500. The van der Waals surface area contributed by atoms with Gasteiger partial charge in [-0.3, -0.25) is 4.79 Å². The minimum absolute atomic E-state index is 0.00590. The molecule has 1 aliphatic heterocycles. The number of carbonyl (C=O) groups excluding carboxylic acids is 1. The lowest BCUT2D eigenvalue weighted by Gasteiger charge is -2.19. The number of benzene rings is 1. The van der Waals surface area contributed by atoms with E-state index in [1.807, 2.05) is 0 Å². The van der Waals surface area contributed by atoms with Crippen molar-refractivity contribution >= 4 is 21.6 Å². The standard InChI is InChI=1S/C14H20N2O5S/c1-4-22(18,19)15-10-7-14(17)16(9-10)11-5-6-12(20-2)13(8-11)21-3/h5-6,8,10,15H,4,7,9H2,1-3H3/t10-/m0/s1. The summed E-state index contributed by atoms with van der Waals surface area (Å²) in [4.78, 5) is 13.7. The van der Waals surface area contributed by atoms with Gasteiger partial charge in [0.15, 0.2) is 11.5 Å². The number of nitrogens with one attached hydrogen (secondary N) is 1. The van der Waals surface area contributed by atoms with E-state index in [4.69, 9.17) is 9.47 Å². The summed E-state index contributed by atoms with van der Waals surface area (Å²) in [5, 5.41) is 0. The molecule has 1 atom stereocenters. The molecule has 7 nitrogen and oxygen atoms in total. The Balaban J connectivity index is 2.18. The molecule has 1 aliphatic rings. The number of hydrogen-bond donors (Lipinski definition) is 1. The topological polar surface area (TPSA) is 84.9 Å². The SMILES string of the molecule is CCS(=O)(=O)N[C@H]1CC(=O)N(c2ccc(OC)c(OC)c2)C1. The highest BCUT2D eigenvalue weighted by atomic mass is 32.2. The van der Waals surface area contributed by atoms with Crippen molar-refractivity contribution in [3.63, 3.8) is 0 Å². The van der Waals surface area contributed by atoms with Crippen LogP contribution in [0.25, 0.3) is 0 Å². The van der Waals surface area contributed by atoms with Gasteiger partial charge in [0.05, 0.1) is 20.0 Å². The van der Waals surface area contributed by atoms with E-state index >= 15 is 0 Å². The summed E-state index contributed by atoms with van der Waals surface area (Å²) in [5.41, 5.74) is 0.654. The van der Waals surface area contributed by atoms with Gasteiger partial charge in [-0.1, -0.05) is 0 Å². The lowest BCUT2D eigenvalue weighted by molar-refractivity contribution is -0.117. The molecule has 8 heteroatoms. The van der Waals surface area contributed by atoms with Crippen LogP contribution in [-0.2, 0) is 14.8 Å². The van der Waals surface area contributed by atoms with E-state index in [0.717, 1.165) is 0 Å². The molecule has 1 saturated heterocycles. The van der Waals surface area contributed by atoms with E-state index in [9.17, 15) is 13.2 Å². The van der Waals surface area contributed by atoms with Crippen LogP contribution in [0.5, 0.6) is 11.5 Å². The zero-order chi connectivity index (χ0) is 16.3. The average molecular weight is 328 g/mol. The van der Waals surface area contributed by atoms with Gasteiger partial charge >= 0.3 is 0 Å². The second-order valence-corrected chi connectivity index (χ2v) is 7.01. The van der Waals surface area contributed by atoms with E-state index in [1.165, 1.54) is 14.2 Å². The molecule has 1 heterocycles. The maximum atomic E-state index is 12.1. The first-order valence-corrected chi connectivity index (χ1v) is 8.57. The third-order valence-corrected chi connectivity index (χ3v) is 4.98. The smallest absolute Gasteiger partial charge is 0.228 e. The first kappa shape index (κ1) is 16.6. The van der Waals surface area contributed by atoms with Crippen molar-refractivity contribution in [2.45, 2.75) is 19.4 Å². The summed E-state index contributed by atoms with van der Waals surface area (Å²) >= 11 is 0. The van der Waals surface area contributed by atoms with Gasteiger partial charge in [0, 0.05) is 30.8 Å². The quantitative estimate of drug-likeness (QED) is 0.833. The lowest BCUT2D eigenvalue weighted by Crippen LogP contribution is -2.37. The summed E-state index contributed by atoms with van der Waals surface area (Å²) in [6, 6.07) is 4.75. The molecular weight excluding hydrogens is 308 g/mol. The first-order chi connectivity index (χ1) is 10.4. The number of ether oxygens (including phenoxy) is 2. The first-order valence-electron chi connectivity index (χ1n) is 6.92. The number of sulfonamides is 1. The molecule has 0 aromatic heterocycles. The molecule has 0 bridgehead atoms. The Morgan fingerprint density at radius 3 is 2.55 bits per heavy atom. The summed E-state index contributed by atoms with van der Waals surface area (Å²) in [6.07, 6.45) is 0.146. The largest absolute Gasteiger partial charge is 0.493 e. The fourth-order valence-corrected chi connectivity index (χ4v) is 3.20. The minimum Gasteiger partial charge on any atom is -0.493 e. The van der Waals surface area contributed by atoms with Crippen molar-refractivity contribution in [3.05, 3.63) is 18.2 Å². The third-order valence-electron chi connectivity index (χ3n) is 3.53. The van der Waals surface area contributed by atoms with Crippen molar-refractivity contribution in [2.75, 3.05) is 31.4 Å². The molecule has 1 aromatic rings. The number of carbonyl (C=O) groups is 1. The molecular formula is C14H20N2O5S. The predicted octanol–water partition coefficient (Wildman–Crippen LogP) is 0.748. The zero-order valence-electron chi connectivity index (χ0n) is 12.8. The Morgan fingerprint density at radius 1 is 1.27 bits per heavy atom. The van der Waals surface area contributed by atoms with Crippen LogP contribution >= 0.6 is 0 Å². The zero-order valence-corrected chi connectivity index (χ0v) is 13.6. The summed E-state index contributed by atoms with van der Waals surface area (Å²) in [6.45, 7) is 1.86. The van der Waals surface area contributed by atoms with Gasteiger partial charge in [-0.15, -0.1) is 0 Å². The van der Waals surface area contributed by atoms with Crippen LogP contribution < -0.4 is 19.1 Å². The minimum atomic E-state index is -3.33. The summed E-state index contributed by atoms with van der Waals surface area (Å²) < 4.78 is 36.1. The van der Waals surface area contributed by atoms with E-state index < -0.39 is 16.1 Å². The van der Waals surface area contributed by atoms with E-state index in [0.29, 0.717) is 23.7 Å². The summed E-state index contributed by atoms with van der Waals surface area (Å²) in [7, 11) is -0.274. The van der Waals surface area contributed by atoms with Crippen LogP contribution in [0.1, 0.15) is 13.3 Å². The van der Waals surface area contributed by atoms with E-state index in [-0.39, 0.29) is 18.1 Å². The molecule has 0 radical (unpaired) electrons. The van der Waals surface area contributed by atoms with Gasteiger partial charge < -0.3 is 14.4 Å². The van der Waals surface area contributed by atoms with Crippen LogP contribution in [0.15, 0.2) is 18.2 Å². The van der Waals surface area contributed by atoms with Gasteiger partial charge in [-0.2, -0.15) is 0 Å². The molecule has 0 aliphatic carbocycles. The Bertz CT molecular complexity index is 659. The molecule has 22 heavy (non-hydrogen) atoms. The van der Waals surface area contributed by atoms with Crippen LogP contribution in [0.2, 0.25) is 0 Å². The normalized spacial score (nSPS) is 18.6. The third kappa shape index (κ3) is 3.50. The predicted molar refractivity (Wildman–Crippen MR) is 82.9 cm³/mol. The van der Waals surface area contributed by atoms with Crippen molar-refractivity contribution in [2.24, 2.45) is 0 Å². The van der Waals surface area contributed by atoms with Gasteiger partial charge in [0.2, 0.25) is 15.9 Å². The second kappa shape index (κ2) is 6.53. The maximum absolute atomic E-state index is 12.1. The van der Waals surface area contributed by atoms with E-state index in [2.05, 4.69) is 4.72 Å². The number of nitrogens with zero attached hydrogens (tertiary/aromatic N) is 1. The monoisotopic (exact) mass is 328 g/mol. The van der Waals surface area contributed by atoms with Crippen molar-refractivity contribution in [1.29, 1.82) is 0 Å². The molecule has 1 aromatic carbocycles. The van der Waals surface area contributed by atoms with E-state index in [1.54, 1.807) is 30.0 Å². The van der Waals surface area contributed by atoms with Gasteiger partial charge in [-0.05, 0) is 19.1 Å². The van der Waals surface area contributed by atoms with Gasteiger partial charge in [-0.25, -0.2) is 13.1 Å². The molecule has 1 amide bonds. The van der Waals surface area contributed by atoms with Crippen molar-refractivity contribution in [1.82, 2.24) is 4.72 Å². The Morgan fingerprint density at radius 2 is 1.95 bits per heavy atom. The molecule has 1 N–H and O–H groups in total. The van der Waals surface area contributed by atoms with Gasteiger partial charge in [0.25, 0.3) is 0 Å². The molecule has 0 unspecified atom stereocenters. The Kier molecular flexibility index (Phi) is 4.92. The van der Waals surface area contributed by atoms with Crippen LogP contribution in [0, 0.1) is 0 Å². The number of rotatable bonds is 6. The Labute approximate surface area is 130 Å². The molecule has 0 saturated carbocycles. The second-order valence-electron chi connectivity index (χ2n) is 4.97. The lowest BCUT2D eigenvalue weighted by atomic mass is 10.2. The van der Waals surface area contributed by atoms with Crippen molar-refractivity contribution < 1.29 is 22.7 Å². The number of hydrogen-bond acceptors (Lipinski definition) is 5. The fourth-order valence-electron chi connectivity index (χ4n) is 2.37. The highest BCUT2D eigenvalue weighted by Gasteiger charge is 2.33. The molecule has 1 fully saturated rings. The maximum Gasteiger partial charge on any atom is 0.228 e. The molecule has 122 valence electrons. The van der Waals surface area contributed by atoms with Crippen molar-refractivity contribution in [3.8, 4) is 11.5 Å². The Hall–Kier alpha value is -1.80. The average Bonchev–Trinajstić information content (AvgIpc) is 2.86. The number of anilines is 1. The molecule has 2 rings (SSSR count). The molecule has 0 spiro atoms. The van der Waals surface area contributed by atoms with Crippen LogP contribution in [-0.4, -0.2) is 46.9 Å².